The molecule has 2 aromatic carbocycles. The Morgan fingerprint density at radius 3 is 2.30 bits per heavy atom. The van der Waals surface area contributed by atoms with Crippen LogP contribution in [-0.2, 0) is 7.05 Å². The molecule has 1 aromatic heterocycles. The van der Waals surface area contributed by atoms with Crippen LogP contribution in [0.3, 0.4) is 0 Å². The van der Waals surface area contributed by atoms with E-state index in [1.807, 2.05) is 0 Å². The molecule has 0 atom stereocenters. The zero-order valence-corrected chi connectivity index (χ0v) is 14.2. The summed E-state index contributed by atoms with van der Waals surface area (Å²) in [6, 6.07) is 17.2. The van der Waals surface area contributed by atoms with E-state index in [0.29, 0.717) is 0 Å². The molecule has 2 heteroatoms. The monoisotopic (exact) mass is 303 g/mol. The first-order valence-electron chi connectivity index (χ1n) is 7.90. The molecule has 23 heavy (non-hydrogen) atoms. The van der Waals surface area contributed by atoms with Crippen LogP contribution in [-0.4, -0.2) is 14.1 Å². The molecule has 0 fully saturated rings. The third kappa shape index (κ3) is 3.11. The highest BCUT2D eigenvalue weighted by Gasteiger charge is 2.10. The van der Waals surface area contributed by atoms with Gasteiger partial charge < -0.3 is 4.90 Å². The number of benzene rings is 2. The van der Waals surface area contributed by atoms with Gasteiger partial charge in [0.1, 0.15) is 7.05 Å². The number of anilines is 1. The zero-order chi connectivity index (χ0) is 16.4. The van der Waals surface area contributed by atoms with Gasteiger partial charge in [0.05, 0.1) is 5.39 Å². The van der Waals surface area contributed by atoms with Crippen LogP contribution in [0.5, 0.6) is 0 Å². The van der Waals surface area contributed by atoms with E-state index in [1.54, 1.807) is 0 Å². The lowest BCUT2D eigenvalue weighted by Gasteiger charge is -2.11. The lowest BCUT2D eigenvalue weighted by molar-refractivity contribution is -0.645. The quantitative estimate of drug-likeness (QED) is 0.657. The van der Waals surface area contributed by atoms with Gasteiger partial charge in [0, 0.05) is 31.4 Å². The number of aryl methyl sites for hydroxylation is 2. The largest absolute Gasteiger partial charge is 0.378 e. The number of rotatable bonds is 3. The predicted octanol–water partition coefficient (Wildman–Crippen LogP) is 4.21. The van der Waals surface area contributed by atoms with E-state index in [2.05, 4.69) is 104 Å². The topological polar surface area (TPSA) is 7.12 Å². The average Bonchev–Trinajstić information content (AvgIpc) is 2.55. The Morgan fingerprint density at radius 1 is 0.913 bits per heavy atom. The van der Waals surface area contributed by atoms with Crippen molar-refractivity contribution in [2.24, 2.45) is 7.05 Å². The van der Waals surface area contributed by atoms with E-state index in [1.165, 1.54) is 33.3 Å². The molecule has 0 aliphatic carbocycles. The van der Waals surface area contributed by atoms with Crippen LogP contribution in [0.4, 0.5) is 5.69 Å². The number of pyridine rings is 1. The second-order valence-corrected chi connectivity index (χ2v) is 6.17. The molecule has 0 saturated carbocycles. The van der Waals surface area contributed by atoms with E-state index >= 15 is 0 Å². The van der Waals surface area contributed by atoms with Crippen molar-refractivity contribution in [3.8, 4) is 0 Å². The first-order chi connectivity index (χ1) is 11.1. The van der Waals surface area contributed by atoms with E-state index in [9.17, 15) is 0 Å². The molecule has 0 N–H and O–H groups in total. The van der Waals surface area contributed by atoms with Gasteiger partial charge >= 0.3 is 0 Å². The van der Waals surface area contributed by atoms with Gasteiger partial charge in [-0.25, -0.2) is 4.57 Å². The van der Waals surface area contributed by atoms with Gasteiger partial charge in [-0.05, 0) is 36.2 Å². The minimum atomic E-state index is 1.22. The summed E-state index contributed by atoms with van der Waals surface area (Å²) in [5.41, 5.74) is 6.26. The lowest BCUT2D eigenvalue weighted by Crippen LogP contribution is -2.29. The number of para-hydroxylation sites is 1. The van der Waals surface area contributed by atoms with Crippen molar-refractivity contribution in [3.63, 3.8) is 0 Å². The minimum Gasteiger partial charge on any atom is -0.378 e. The summed E-state index contributed by atoms with van der Waals surface area (Å²) in [6.07, 6.45) is 6.60. The molecule has 0 aliphatic rings. The Hall–Kier alpha value is -2.61. The smallest absolute Gasteiger partial charge is 0.212 e. The molecule has 0 unspecified atom stereocenters. The van der Waals surface area contributed by atoms with Gasteiger partial charge in [0.2, 0.25) is 5.52 Å². The molecule has 0 saturated heterocycles. The van der Waals surface area contributed by atoms with Crippen LogP contribution in [0.15, 0.2) is 54.7 Å². The molecule has 0 aliphatic heterocycles. The molecule has 0 spiro atoms. The summed E-state index contributed by atoms with van der Waals surface area (Å²) >= 11 is 0. The van der Waals surface area contributed by atoms with Crippen LogP contribution in [0.2, 0.25) is 0 Å². The molecular weight excluding hydrogens is 280 g/mol. The van der Waals surface area contributed by atoms with Gasteiger partial charge in [0.15, 0.2) is 6.20 Å². The third-order valence-electron chi connectivity index (χ3n) is 4.24. The zero-order valence-electron chi connectivity index (χ0n) is 14.2. The fourth-order valence-corrected chi connectivity index (χ4v) is 2.94. The number of fused-ring (bicyclic) bond motifs is 1. The highest BCUT2D eigenvalue weighted by atomic mass is 15.1. The van der Waals surface area contributed by atoms with E-state index in [4.69, 9.17) is 0 Å². The molecule has 0 radical (unpaired) electrons. The Bertz CT molecular complexity index is 859. The van der Waals surface area contributed by atoms with Crippen molar-refractivity contribution in [2.75, 3.05) is 19.0 Å². The Kier molecular flexibility index (Phi) is 4.16. The minimum absolute atomic E-state index is 1.22. The summed E-state index contributed by atoms with van der Waals surface area (Å²) in [5, 5.41) is 1.29. The van der Waals surface area contributed by atoms with Crippen molar-refractivity contribution in [2.45, 2.75) is 6.92 Å². The van der Waals surface area contributed by atoms with Gasteiger partial charge in [-0.15, -0.1) is 0 Å². The Morgan fingerprint density at radius 2 is 1.61 bits per heavy atom. The second kappa shape index (κ2) is 6.25. The third-order valence-corrected chi connectivity index (χ3v) is 4.24. The Balaban J connectivity index is 2.01. The molecule has 3 aromatic rings. The maximum Gasteiger partial charge on any atom is 0.212 e. The van der Waals surface area contributed by atoms with Gasteiger partial charge in [-0.1, -0.05) is 36.4 Å². The van der Waals surface area contributed by atoms with E-state index in [0.717, 1.165) is 0 Å². The predicted molar refractivity (Wildman–Crippen MR) is 99.6 cm³/mol. The molecule has 0 bridgehead atoms. The summed E-state index contributed by atoms with van der Waals surface area (Å²) in [5.74, 6) is 0. The summed E-state index contributed by atoms with van der Waals surface area (Å²) in [6.45, 7) is 2.17. The molecule has 3 rings (SSSR count). The molecule has 1 heterocycles. The van der Waals surface area contributed by atoms with Gasteiger partial charge in [-0.2, -0.15) is 0 Å². The SMILES string of the molecule is Cc1c[n+](C)c2ccccc2c1/C=C/c1ccc(N(C)C)cc1. The number of hydrogen-bond donors (Lipinski definition) is 0. The van der Waals surface area contributed by atoms with Crippen LogP contribution < -0.4 is 9.47 Å². The highest BCUT2D eigenvalue weighted by molar-refractivity contribution is 5.90. The first-order valence-corrected chi connectivity index (χ1v) is 7.90. The van der Waals surface area contributed by atoms with E-state index in [-0.39, 0.29) is 0 Å². The van der Waals surface area contributed by atoms with Crippen molar-refractivity contribution in [1.29, 1.82) is 0 Å². The van der Waals surface area contributed by atoms with Crippen molar-refractivity contribution >= 4 is 28.7 Å². The van der Waals surface area contributed by atoms with Crippen molar-refractivity contribution < 1.29 is 4.57 Å². The summed E-state index contributed by atoms with van der Waals surface area (Å²) in [4.78, 5) is 2.11. The maximum atomic E-state index is 2.22. The fourth-order valence-electron chi connectivity index (χ4n) is 2.94. The maximum absolute atomic E-state index is 2.22. The molecule has 2 nitrogen and oxygen atoms in total. The first kappa shape index (κ1) is 15.3. The van der Waals surface area contributed by atoms with E-state index < -0.39 is 0 Å². The number of aromatic nitrogens is 1. The molecule has 0 amide bonds. The van der Waals surface area contributed by atoms with Crippen LogP contribution >= 0.6 is 0 Å². The standard InChI is InChI=1S/C21H23N2/c1-16-15-23(4)21-8-6-5-7-20(21)19(16)14-11-17-9-12-18(13-10-17)22(2)3/h5-15H,1-4H3/q+1. The normalized spacial score (nSPS) is 11.3. The highest BCUT2D eigenvalue weighted by Crippen LogP contribution is 2.22. The summed E-state index contributed by atoms with van der Waals surface area (Å²) in [7, 11) is 6.22. The van der Waals surface area contributed by atoms with Crippen molar-refractivity contribution in [3.05, 3.63) is 71.4 Å². The molecular formula is C21H23N2+. The summed E-state index contributed by atoms with van der Waals surface area (Å²) < 4.78 is 2.19. The lowest BCUT2D eigenvalue weighted by atomic mass is 10.0. The number of nitrogens with zero attached hydrogens (tertiary/aromatic N) is 2. The van der Waals surface area contributed by atoms with Crippen LogP contribution in [0, 0.1) is 6.92 Å². The second-order valence-electron chi connectivity index (χ2n) is 6.17. The van der Waals surface area contributed by atoms with Crippen LogP contribution in [0.1, 0.15) is 16.7 Å². The Labute approximate surface area is 138 Å². The number of hydrogen-bond acceptors (Lipinski definition) is 1. The average molecular weight is 303 g/mol. The van der Waals surface area contributed by atoms with Gasteiger partial charge in [0.25, 0.3) is 0 Å². The fraction of sp³-hybridized carbons (Fsp3) is 0.190. The van der Waals surface area contributed by atoms with Crippen molar-refractivity contribution in [1.82, 2.24) is 0 Å². The molecule has 116 valence electrons. The van der Waals surface area contributed by atoms with Crippen LogP contribution in [0.25, 0.3) is 23.1 Å². The van der Waals surface area contributed by atoms with Gasteiger partial charge in [-0.3, -0.25) is 0 Å².